The van der Waals surface area contributed by atoms with Crippen LogP contribution in [0.2, 0.25) is 0 Å². The average Bonchev–Trinajstić information content (AvgIpc) is 2.82. The van der Waals surface area contributed by atoms with Crippen molar-refractivity contribution in [2.45, 2.75) is 45.8 Å². The van der Waals surface area contributed by atoms with Gasteiger partial charge in [0, 0.05) is 37.2 Å². The fraction of sp³-hybridized carbons (Fsp3) is 0.500. The summed E-state index contributed by atoms with van der Waals surface area (Å²) in [6.07, 6.45) is 6.59. The summed E-state index contributed by atoms with van der Waals surface area (Å²) in [7, 11) is 0. The molecule has 0 unspecified atom stereocenters. The van der Waals surface area contributed by atoms with Crippen molar-refractivity contribution in [2.24, 2.45) is 0 Å². The largest absolute Gasteiger partial charge is 0.306 e. The van der Waals surface area contributed by atoms with Crippen molar-refractivity contribution >= 4 is 0 Å². The number of hydrogen-bond acceptors (Lipinski definition) is 4. The molecule has 2 aromatic heterocycles. The molecule has 0 aliphatic rings. The Labute approximate surface area is 114 Å². The summed E-state index contributed by atoms with van der Waals surface area (Å²) in [5.74, 6) is 0. The molecule has 1 N–H and O–H groups in total. The molecule has 5 nitrogen and oxygen atoms in total. The van der Waals surface area contributed by atoms with Crippen molar-refractivity contribution in [3.05, 3.63) is 42.0 Å². The first kappa shape index (κ1) is 13.7. The number of aryl methyl sites for hydroxylation is 2. The smallest absolute Gasteiger partial charge is 0.0965 e. The molecular formula is C14H21N5. The molecule has 0 saturated heterocycles. The van der Waals surface area contributed by atoms with E-state index in [0.29, 0.717) is 0 Å². The van der Waals surface area contributed by atoms with Crippen molar-refractivity contribution in [2.75, 3.05) is 0 Å². The van der Waals surface area contributed by atoms with Gasteiger partial charge in [0.15, 0.2) is 0 Å². The number of nitrogens with one attached hydrogen (secondary N) is 1. The third-order valence-corrected chi connectivity index (χ3v) is 2.74. The zero-order chi connectivity index (χ0) is 13.7. The topological polar surface area (TPSA) is 55.6 Å². The van der Waals surface area contributed by atoms with Gasteiger partial charge in [-0.15, -0.1) is 5.10 Å². The molecular weight excluding hydrogens is 238 g/mol. The molecule has 0 atom stereocenters. The number of hydrogen-bond donors (Lipinski definition) is 1. The van der Waals surface area contributed by atoms with Crippen LogP contribution < -0.4 is 5.32 Å². The lowest BCUT2D eigenvalue weighted by Gasteiger charge is -2.19. The minimum absolute atomic E-state index is 0.0967. The van der Waals surface area contributed by atoms with Gasteiger partial charge in [-0.2, -0.15) is 0 Å². The van der Waals surface area contributed by atoms with E-state index in [0.717, 1.165) is 25.2 Å². The van der Waals surface area contributed by atoms with E-state index >= 15 is 0 Å². The number of aromatic nitrogens is 4. The van der Waals surface area contributed by atoms with Crippen LogP contribution in [0.5, 0.6) is 0 Å². The Morgan fingerprint density at radius 1 is 1.32 bits per heavy atom. The molecule has 102 valence electrons. The summed E-state index contributed by atoms with van der Waals surface area (Å²) in [5, 5.41) is 11.7. The first-order valence-electron chi connectivity index (χ1n) is 6.56. The van der Waals surface area contributed by atoms with Gasteiger partial charge in [-0.1, -0.05) is 11.3 Å². The fourth-order valence-corrected chi connectivity index (χ4v) is 1.67. The molecule has 2 rings (SSSR count). The van der Waals surface area contributed by atoms with E-state index in [-0.39, 0.29) is 5.54 Å². The molecule has 0 fully saturated rings. The SMILES string of the molecule is CC(C)(C)NCc1cn(CCc2cccnc2)nn1. The van der Waals surface area contributed by atoms with E-state index in [1.807, 2.05) is 23.1 Å². The number of pyridine rings is 1. The van der Waals surface area contributed by atoms with E-state index in [1.165, 1.54) is 5.56 Å². The number of rotatable bonds is 5. The van der Waals surface area contributed by atoms with E-state index < -0.39 is 0 Å². The van der Waals surface area contributed by atoms with Crippen LogP contribution in [0, 0.1) is 0 Å². The standard InChI is InChI=1S/C14H21N5/c1-14(2,3)16-10-13-11-19(18-17-13)8-6-12-5-4-7-15-9-12/h4-5,7,9,11,16H,6,8,10H2,1-3H3. The fourth-order valence-electron chi connectivity index (χ4n) is 1.67. The van der Waals surface area contributed by atoms with Gasteiger partial charge in [-0.05, 0) is 38.8 Å². The van der Waals surface area contributed by atoms with Crippen LogP contribution in [-0.4, -0.2) is 25.5 Å². The Bertz CT molecular complexity index is 498. The molecule has 0 aliphatic carbocycles. The minimum Gasteiger partial charge on any atom is -0.306 e. The monoisotopic (exact) mass is 259 g/mol. The van der Waals surface area contributed by atoms with Crippen LogP contribution in [0.3, 0.4) is 0 Å². The molecule has 0 aromatic carbocycles. The summed E-state index contributed by atoms with van der Waals surface area (Å²) >= 11 is 0. The Balaban J connectivity index is 1.84. The second-order valence-electron chi connectivity index (χ2n) is 5.69. The zero-order valence-electron chi connectivity index (χ0n) is 11.8. The summed E-state index contributed by atoms with van der Waals surface area (Å²) in [6.45, 7) is 7.99. The third-order valence-electron chi connectivity index (χ3n) is 2.74. The molecule has 0 bridgehead atoms. The summed E-state index contributed by atoms with van der Waals surface area (Å²) in [6, 6.07) is 4.03. The lowest BCUT2D eigenvalue weighted by Crippen LogP contribution is -2.35. The van der Waals surface area contributed by atoms with E-state index in [2.05, 4.69) is 47.5 Å². The lowest BCUT2D eigenvalue weighted by molar-refractivity contribution is 0.421. The molecule has 0 saturated carbocycles. The lowest BCUT2D eigenvalue weighted by atomic mass is 10.1. The van der Waals surface area contributed by atoms with Crippen LogP contribution in [0.15, 0.2) is 30.7 Å². The Morgan fingerprint density at radius 3 is 2.84 bits per heavy atom. The quantitative estimate of drug-likeness (QED) is 0.889. The molecule has 2 aromatic rings. The highest BCUT2D eigenvalue weighted by molar-refractivity contribution is 5.08. The zero-order valence-corrected chi connectivity index (χ0v) is 11.8. The van der Waals surface area contributed by atoms with E-state index in [4.69, 9.17) is 0 Å². The van der Waals surface area contributed by atoms with Gasteiger partial charge in [-0.25, -0.2) is 0 Å². The Hall–Kier alpha value is -1.75. The van der Waals surface area contributed by atoms with Gasteiger partial charge in [0.2, 0.25) is 0 Å². The van der Waals surface area contributed by atoms with Crippen LogP contribution >= 0.6 is 0 Å². The third kappa shape index (κ3) is 4.79. The van der Waals surface area contributed by atoms with Gasteiger partial charge in [-0.3, -0.25) is 9.67 Å². The highest BCUT2D eigenvalue weighted by atomic mass is 15.4. The van der Waals surface area contributed by atoms with Crippen molar-refractivity contribution in [3.63, 3.8) is 0 Å². The van der Waals surface area contributed by atoms with Crippen molar-refractivity contribution in [1.29, 1.82) is 0 Å². The highest BCUT2D eigenvalue weighted by Gasteiger charge is 2.09. The summed E-state index contributed by atoms with van der Waals surface area (Å²) < 4.78 is 1.88. The minimum atomic E-state index is 0.0967. The van der Waals surface area contributed by atoms with Crippen LogP contribution in [0.1, 0.15) is 32.0 Å². The van der Waals surface area contributed by atoms with E-state index in [1.54, 1.807) is 6.20 Å². The average molecular weight is 259 g/mol. The Kier molecular flexibility index (Phi) is 4.27. The molecule has 0 spiro atoms. The maximum atomic E-state index is 4.17. The maximum absolute atomic E-state index is 4.17. The molecule has 0 aliphatic heterocycles. The van der Waals surface area contributed by atoms with Gasteiger partial charge >= 0.3 is 0 Å². The van der Waals surface area contributed by atoms with Gasteiger partial charge in [0.05, 0.1) is 5.69 Å². The van der Waals surface area contributed by atoms with Crippen molar-refractivity contribution in [1.82, 2.24) is 25.3 Å². The van der Waals surface area contributed by atoms with Crippen molar-refractivity contribution < 1.29 is 0 Å². The molecule has 5 heteroatoms. The Morgan fingerprint density at radius 2 is 2.16 bits per heavy atom. The first-order chi connectivity index (χ1) is 9.03. The predicted molar refractivity (Wildman–Crippen MR) is 74.6 cm³/mol. The van der Waals surface area contributed by atoms with E-state index in [9.17, 15) is 0 Å². The summed E-state index contributed by atoms with van der Waals surface area (Å²) in [5.41, 5.74) is 2.29. The second-order valence-corrected chi connectivity index (χ2v) is 5.69. The molecule has 0 radical (unpaired) electrons. The van der Waals surface area contributed by atoms with Crippen molar-refractivity contribution in [3.8, 4) is 0 Å². The van der Waals surface area contributed by atoms with Crippen LogP contribution in [-0.2, 0) is 19.5 Å². The van der Waals surface area contributed by atoms with Gasteiger partial charge in [0.25, 0.3) is 0 Å². The number of nitrogens with zero attached hydrogens (tertiary/aromatic N) is 4. The second kappa shape index (κ2) is 5.93. The summed E-state index contributed by atoms with van der Waals surface area (Å²) in [4.78, 5) is 4.10. The highest BCUT2D eigenvalue weighted by Crippen LogP contribution is 2.03. The van der Waals surface area contributed by atoms with Crippen LogP contribution in [0.25, 0.3) is 0 Å². The maximum Gasteiger partial charge on any atom is 0.0965 e. The molecule has 19 heavy (non-hydrogen) atoms. The van der Waals surface area contributed by atoms with Gasteiger partial charge in [0.1, 0.15) is 0 Å². The van der Waals surface area contributed by atoms with Gasteiger partial charge < -0.3 is 5.32 Å². The predicted octanol–water partition coefficient (Wildman–Crippen LogP) is 1.80. The first-order valence-corrected chi connectivity index (χ1v) is 6.56. The molecule has 2 heterocycles. The molecule has 0 amide bonds. The normalized spacial score (nSPS) is 11.7. The van der Waals surface area contributed by atoms with Crippen LogP contribution in [0.4, 0.5) is 0 Å².